The molecule has 20 heavy (non-hydrogen) atoms. The average molecular weight is 304 g/mol. The molecule has 0 aromatic rings. The number of carbonyl (C=O) groups excluding carboxylic acids is 2. The summed E-state index contributed by atoms with van der Waals surface area (Å²) in [5.41, 5.74) is 5.74. The molecular weight excluding hydrogens is 278 g/mol. The normalized spacial score (nSPS) is 27.3. The number of hydrogen-bond acceptors (Lipinski definition) is 3. The van der Waals surface area contributed by atoms with Gasteiger partial charge < -0.3 is 16.0 Å². The quantitative estimate of drug-likeness (QED) is 0.797. The highest BCUT2D eigenvalue weighted by molar-refractivity contribution is 5.88. The van der Waals surface area contributed by atoms with Crippen LogP contribution in [0, 0.1) is 5.92 Å². The van der Waals surface area contributed by atoms with Gasteiger partial charge in [0.15, 0.2) is 0 Å². The minimum absolute atomic E-state index is 0. The molecular formula is C14H26ClN3O2. The molecule has 0 spiro atoms. The van der Waals surface area contributed by atoms with Crippen LogP contribution in [-0.4, -0.2) is 41.9 Å². The highest BCUT2D eigenvalue weighted by Gasteiger charge is 2.34. The number of rotatable bonds is 5. The first-order valence-corrected chi connectivity index (χ1v) is 7.47. The molecule has 3 atom stereocenters. The minimum Gasteiger partial charge on any atom is -0.351 e. The van der Waals surface area contributed by atoms with Crippen LogP contribution in [0.4, 0.5) is 0 Å². The highest BCUT2D eigenvalue weighted by atomic mass is 35.5. The van der Waals surface area contributed by atoms with E-state index in [9.17, 15) is 9.59 Å². The van der Waals surface area contributed by atoms with Crippen LogP contribution in [0.5, 0.6) is 0 Å². The zero-order valence-electron chi connectivity index (χ0n) is 12.1. The summed E-state index contributed by atoms with van der Waals surface area (Å²) in [4.78, 5) is 25.9. The molecule has 2 amide bonds. The summed E-state index contributed by atoms with van der Waals surface area (Å²) in [6, 6.07) is -0.0988. The fourth-order valence-corrected chi connectivity index (χ4v) is 3.33. The van der Waals surface area contributed by atoms with Gasteiger partial charge in [0.2, 0.25) is 11.8 Å². The van der Waals surface area contributed by atoms with Crippen LogP contribution in [0.2, 0.25) is 0 Å². The number of likely N-dealkylation sites (tertiary alicyclic amines) is 1. The zero-order valence-corrected chi connectivity index (χ0v) is 13.0. The van der Waals surface area contributed by atoms with E-state index in [1.165, 1.54) is 0 Å². The van der Waals surface area contributed by atoms with Crippen molar-refractivity contribution in [2.45, 2.75) is 57.5 Å². The molecule has 2 fully saturated rings. The first kappa shape index (κ1) is 17.2. The number of hydrogen-bond donors (Lipinski definition) is 2. The van der Waals surface area contributed by atoms with E-state index in [1.807, 2.05) is 6.92 Å². The Kier molecular flexibility index (Phi) is 6.76. The Hall–Kier alpha value is -0.810. The molecule has 3 unspecified atom stereocenters. The Morgan fingerprint density at radius 1 is 1.45 bits per heavy atom. The lowest BCUT2D eigenvalue weighted by molar-refractivity contribution is -0.138. The van der Waals surface area contributed by atoms with Crippen molar-refractivity contribution in [2.24, 2.45) is 11.7 Å². The SMILES string of the molecule is CCC(C(=O)NC1CCCC1CN)N1CCCC1=O.Cl. The van der Waals surface area contributed by atoms with Crippen LogP contribution in [0.15, 0.2) is 0 Å². The number of carbonyl (C=O) groups is 2. The Morgan fingerprint density at radius 3 is 2.75 bits per heavy atom. The molecule has 3 N–H and O–H groups in total. The smallest absolute Gasteiger partial charge is 0.243 e. The van der Waals surface area contributed by atoms with Crippen molar-refractivity contribution >= 4 is 24.2 Å². The predicted octanol–water partition coefficient (Wildman–Crippen LogP) is 1.05. The van der Waals surface area contributed by atoms with Gasteiger partial charge in [-0.15, -0.1) is 12.4 Å². The number of nitrogens with two attached hydrogens (primary N) is 1. The van der Waals surface area contributed by atoms with Gasteiger partial charge in [-0.05, 0) is 38.1 Å². The van der Waals surface area contributed by atoms with Crippen molar-refractivity contribution in [3.05, 3.63) is 0 Å². The van der Waals surface area contributed by atoms with Crippen LogP contribution in [0.3, 0.4) is 0 Å². The van der Waals surface area contributed by atoms with Crippen molar-refractivity contribution in [3.63, 3.8) is 0 Å². The van der Waals surface area contributed by atoms with E-state index in [2.05, 4.69) is 5.32 Å². The Labute approximate surface area is 127 Å². The average Bonchev–Trinajstić information content (AvgIpc) is 3.00. The third-order valence-corrected chi connectivity index (χ3v) is 4.47. The Morgan fingerprint density at radius 2 is 2.20 bits per heavy atom. The van der Waals surface area contributed by atoms with E-state index in [0.717, 1.165) is 32.2 Å². The maximum Gasteiger partial charge on any atom is 0.243 e. The molecule has 1 saturated heterocycles. The summed E-state index contributed by atoms with van der Waals surface area (Å²) in [5.74, 6) is 0.516. The monoisotopic (exact) mass is 303 g/mol. The predicted molar refractivity (Wildman–Crippen MR) is 80.6 cm³/mol. The number of nitrogens with one attached hydrogen (secondary N) is 1. The summed E-state index contributed by atoms with van der Waals surface area (Å²) in [6.45, 7) is 3.31. The minimum atomic E-state index is -0.297. The standard InChI is InChI=1S/C14H25N3O2.ClH/c1-2-12(17-8-4-7-13(17)18)14(19)16-11-6-3-5-10(11)9-15;/h10-12H,2-9,15H2,1H3,(H,16,19);1H. The van der Waals surface area contributed by atoms with Crippen LogP contribution >= 0.6 is 12.4 Å². The molecule has 6 heteroatoms. The van der Waals surface area contributed by atoms with E-state index >= 15 is 0 Å². The molecule has 0 aromatic heterocycles. The summed E-state index contributed by atoms with van der Waals surface area (Å²) >= 11 is 0. The van der Waals surface area contributed by atoms with Gasteiger partial charge in [-0.3, -0.25) is 9.59 Å². The van der Waals surface area contributed by atoms with Crippen molar-refractivity contribution in [2.75, 3.05) is 13.1 Å². The van der Waals surface area contributed by atoms with Gasteiger partial charge >= 0.3 is 0 Å². The van der Waals surface area contributed by atoms with Crippen molar-refractivity contribution < 1.29 is 9.59 Å². The molecule has 2 rings (SSSR count). The summed E-state index contributed by atoms with van der Waals surface area (Å²) in [5, 5.41) is 3.12. The molecule has 0 aromatic carbocycles. The van der Waals surface area contributed by atoms with E-state index < -0.39 is 0 Å². The fraction of sp³-hybridized carbons (Fsp3) is 0.857. The van der Waals surface area contributed by atoms with Gasteiger partial charge in [-0.1, -0.05) is 13.3 Å². The third kappa shape index (κ3) is 3.64. The van der Waals surface area contributed by atoms with Gasteiger partial charge in [0.05, 0.1) is 0 Å². The van der Waals surface area contributed by atoms with Gasteiger partial charge in [0.25, 0.3) is 0 Å². The maximum absolute atomic E-state index is 12.4. The van der Waals surface area contributed by atoms with Crippen LogP contribution in [0.25, 0.3) is 0 Å². The lowest BCUT2D eigenvalue weighted by atomic mass is 10.0. The summed E-state index contributed by atoms with van der Waals surface area (Å²) in [7, 11) is 0. The lowest BCUT2D eigenvalue weighted by Gasteiger charge is -2.28. The van der Waals surface area contributed by atoms with Gasteiger partial charge in [0.1, 0.15) is 6.04 Å². The van der Waals surface area contributed by atoms with Crippen LogP contribution < -0.4 is 11.1 Å². The van der Waals surface area contributed by atoms with E-state index in [0.29, 0.717) is 25.3 Å². The highest BCUT2D eigenvalue weighted by Crippen LogP contribution is 2.25. The zero-order chi connectivity index (χ0) is 13.8. The van der Waals surface area contributed by atoms with Crippen molar-refractivity contribution in [3.8, 4) is 0 Å². The first-order valence-electron chi connectivity index (χ1n) is 7.47. The fourth-order valence-electron chi connectivity index (χ4n) is 3.33. The third-order valence-electron chi connectivity index (χ3n) is 4.47. The van der Waals surface area contributed by atoms with Gasteiger partial charge in [0, 0.05) is 19.0 Å². The number of nitrogens with zero attached hydrogens (tertiary/aromatic N) is 1. The molecule has 1 aliphatic carbocycles. The topological polar surface area (TPSA) is 75.4 Å². The van der Waals surface area contributed by atoms with E-state index in [-0.39, 0.29) is 36.3 Å². The molecule has 1 aliphatic heterocycles. The van der Waals surface area contributed by atoms with Crippen LogP contribution in [0.1, 0.15) is 45.4 Å². The summed E-state index contributed by atoms with van der Waals surface area (Å²) in [6.07, 6.45) is 5.37. The second-order valence-electron chi connectivity index (χ2n) is 5.66. The second kappa shape index (κ2) is 7.84. The van der Waals surface area contributed by atoms with Gasteiger partial charge in [-0.25, -0.2) is 0 Å². The Bertz CT molecular complexity index is 351. The lowest BCUT2D eigenvalue weighted by Crippen LogP contribution is -2.51. The van der Waals surface area contributed by atoms with Crippen LogP contribution in [-0.2, 0) is 9.59 Å². The molecule has 5 nitrogen and oxygen atoms in total. The molecule has 116 valence electrons. The van der Waals surface area contributed by atoms with E-state index in [1.54, 1.807) is 4.90 Å². The van der Waals surface area contributed by atoms with E-state index in [4.69, 9.17) is 5.73 Å². The van der Waals surface area contributed by atoms with Crippen molar-refractivity contribution in [1.82, 2.24) is 10.2 Å². The molecule has 1 heterocycles. The molecule has 1 saturated carbocycles. The number of amides is 2. The molecule has 0 bridgehead atoms. The number of halogens is 1. The first-order chi connectivity index (χ1) is 9.17. The maximum atomic E-state index is 12.4. The molecule has 2 aliphatic rings. The largest absolute Gasteiger partial charge is 0.351 e. The molecule has 0 radical (unpaired) electrons. The van der Waals surface area contributed by atoms with Crippen molar-refractivity contribution in [1.29, 1.82) is 0 Å². The Balaban J connectivity index is 0.00000200. The summed E-state index contributed by atoms with van der Waals surface area (Å²) < 4.78 is 0. The second-order valence-corrected chi connectivity index (χ2v) is 5.66. The van der Waals surface area contributed by atoms with Gasteiger partial charge in [-0.2, -0.15) is 0 Å².